The van der Waals surface area contributed by atoms with Gasteiger partial charge in [0.1, 0.15) is 5.82 Å². The minimum atomic E-state index is 0.219. The van der Waals surface area contributed by atoms with Crippen molar-refractivity contribution in [2.75, 3.05) is 11.1 Å². The third-order valence-electron chi connectivity index (χ3n) is 2.22. The van der Waals surface area contributed by atoms with Gasteiger partial charge in [0.25, 0.3) is 0 Å². The maximum absolute atomic E-state index is 5.65. The molecule has 0 saturated heterocycles. The number of rotatable bonds is 3. The van der Waals surface area contributed by atoms with Crippen molar-refractivity contribution in [2.45, 2.75) is 19.8 Å². The van der Waals surface area contributed by atoms with Gasteiger partial charge in [-0.2, -0.15) is 15.0 Å². The van der Waals surface area contributed by atoms with Crippen LogP contribution in [0.4, 0.5) is 17.6 Å². The summed E-state index contributed by atoms with van der Waals surface area (Å²) in [5.74, 6) is 1.63. The van der Waals surface area contributed by atoms with Gasteiger partial charge in [-0.25, -0.2) is 0 Å². The van der Waals surface area contributed by atoms with Gasteiger partial charge in [-0.15, -0.1) is 0 Å². The summed E-state index contributed by atoms with van der Waals surface area (Å²) in [7, 11) is 0. The Bertz CT molecular complexity index is 496. The Labute approximate surface area is 100 Å². The fourth-order valence-corrected chi connectivity index (χ4v) is 1.37. The molecule has 0 unspecified atom stereocenters. The zero-order chi connectivity index (χ0) is 12.3. The van der Waals surface area contributed by atoms with Crippen LogP contribution < -0.4 is 11.1 Å². The van der Waals surface area contributed by atoms with E-state index in [1.807, 2.05) is 44.2 Å². The first-order valence-electron chi connectivity index (χ1n) is 5.48. The lowest BCUT2D eigenvalue weighted by Gasteiger charge is -2.08. The van der Waals surface area contributed by atoms with Crippen molar-refractivity contribution in [3.8, 4) is 0 Å². The van der Waals surface area contributed by atoms with Crippen molar-refractivity contribution in [2.24, 2.45) is 0 Å². The van der Waals surface area contributed by atoms with Crippen LogP contribution in [0.25, 0.3) is 0 Å². The van der Waals surface area contributed by atoms with E-state index in [-0.39, 0.29) is 11.9 Å². The van der Waals surface area contributed by atoms with E-state index in [2.05, 4.69) is 20.3 Å². The molecule has 0 aliphatic carbocycles. The third kappa shape index (κ3) is 2.90. The van der Waals surface area contributed by atoms with Crippen molar-refractivity contribution in [3.63, 3.8) is 0 Å². The Morgan fingerprint density at radius 3 is 2.41 bits per heavy atom. The molecule has 5 nitrogen and oxygen atoms in total. The van der Waals surface area contributed by atoms with Gasteiger partial charge in [0.2, 0.25) is 11.9 Å². The van der Waals surface area contributed by atoms with Gasteiger partial charge < -0.3 is 11.1 Å². The van der Waals surface area contributed by atoms with E-state index in [1.165, 1.54) is 0 Å². The molecule has 2 aromatic rings. The lowest BCUT2D eigenvalue weighted by atomic mass is 10.2. The number of hydrogen-bond donors (Lipinski definition) is 2. The van der Waals surface area contributed by atoms with E-state index in [0.29, 0.717) is 11.8 Å². The molecule has 5 heteroatoms. The zero-order valence-corrected chi connectivity index (χ0v) is 9.88. The van der Waals surface area contributed by atoms with E-state index in [0.717, 1.165) is 5.69 Å². The van der Waals surface area contributed by atoms with Gasteiger partial charge in [-0.05, 0) is 12.1 Å². The second-order valence-electron chi connectivity index (χ2n) is 4.02. The Kier molecular flexibility index (Phi) is 3.18. The first-order chi connectivity index (χ1) is 8.15. The normalized spacial score (nSPS) is 10.5. The number of nitrogens with zero attached hydrogens (tertiary/aromatic N) is 3. The predicted octanol–water partition coefficient (Wildman–Crippen LogP) is 2.32. The van der Waals surface area contributed by atoms with Gasteiger partial charge in [0.05, 0.1) is 0 Å². The maximum Gasteiger partial charge on any atom is 0.232 e. The van der Waals surface area contributed by atoms with E-state index < -0.39 is 0 Å². The molecule has 0 bridgehead atoms. The Balaban J connectivity index is 2.27. The third-order valence-corrected chi connectivity index (χ3v) is 2.22. The van der Waals surface area contributed by atoms with Gasteiger partial charge >= 0.3 is 0 Å². The fraction of sp³-hybridized carbons (Fsp3) is 0.250. The number of anilines is 3. The molecule has 88 valence electrons. The second kappa shape index (κ2) is 4.78. The van der Waals surface area contributed by atoms with Crippen LogP contribution in [0.1, 0.15) is 25.6 Å². The van der Waals surface area contributed by atoms with Gasteiger partial charge in [0, 0.05) is 11.6 Å². The van der Waals surface area contributed by atoms with Crippen LogP contribution in [0.2, 0.25) is 0 Å². The summed E-state index contributed by atoms with van der Waals surface area (Å²) < 4.78 is 0. The highest BCUT2D eigenvalue weighted by molar-refractivity contribution is 5.53. The van der Waals surface area contributed by atoms with Crippen LogP contribution in [0.15, 0.2) is 30.3 Å². The molecule has 0 spiro atoms. The van der Waals surface area contributed by atoms with Crippen LogP contribution in [0.5, 0.6) is 0 Å². The van der Waals surface area contributed by atoms with Crippen molar-refractivity contribution in [3.05, 3.63) is 36.2 Å². The summed E-state index contributed by atoms with van der Waals surface area (Å²) in [5, 5.41) is 3.10. The summed E-state index contributed by atoms with van der Waals surface area (Å²) in [6.45, 7) is 4.03. The van der Waals surface area contributed by atoms with Crippen LogP contribution in [-0.4, -0.2) is 15.0 Å². The average Bonchev–Trinajstić information content (AvgIpc) is 2.29. The number of nitrogens with one attached hydrogen (secondary N) is 1. The van der Waals surface area contributed by atoms with Crippen LogP contribution in [0, 0.1) is 0 Å². The van der Waals surface area contributed by atoms with Crippen molar-refractivity contribution < 1.29 is 0 Å². The minimum Gasteiger partial charge on any atom is -0.368 e. The number of nitrogens with two attached hydrogens (primary N) is 1. The van der Waals surface area contributed by atoms with Crippen molar-refractivity contribution in [1.29, 1.82) is 0 Å². The molecular weight excluding hydrogens is 214 g/mol. The summed E-state index contributed by atoms with van der Waals surface area (Å²) in [4.78, 5) is 12.5. The first kappa shape index (κ1) is 11.3. The molecule has 1 heterocycles. The minimum absolute atomic E-state index is 0.219. The number of hydrogen-bond acceptors (Lipinski definition) is 5. The van der Waals surface area contributed by atoms with Gasteiger partial charge in [-0.1, -0.05) is 32.0 Å². The SMILES string of the molecule is CC(C)c1nc(N)nc(Nc2ccccc2)n1. The summed E-state index contributed by atoms with van der Waals surface area (Å²) in [5.41, 5.74) is 6.57. The summed E-state index contributed by atoms with van der Waals surface area (Å²) in [6, 6.07) is 9.71. The number of aromatic nitrogens is 3. The molecule has 0 aliphatic rings. The van der Waals surface area contributed by atoms with E-state index in [1.54, 1.807) is 0 Å². The molecule has 0 radical (unpaired) electrons. The average molecular weight is 229 g/mol. The molecule has 3 N–H and O–H groups in total. The molecule has 0 atom stereocenters. The molecule has 0 aliphatic heterocycles. The molecular formula is C12H15N5. The predicted molar refractivity (Wildman–Crippen MR) is 68.1 cm³/mol. The van der Waals surface area contributed by atoms with Gasteiger partial charge in [-0.3, -0.25) is 0 Å². The van der Waals surface area contributed by atoms with Crippen molar-refractivity contribution >= 4 is 17.6 Å². The summed E-state index contributed by atoms with van der Waals surface area (Å²) >= 11 is 0. The second-order valence-corrected chi connectivity index (χ2v) is 4.02. The highest BCUT2D eigenvalue weighted by Crippen LogP contribution is 2.15. The standard InChI is InChI=1S/C12H15N5/c1-8(2)10-15-11(13)17-12(16-10)14-9-6-4-3-5-7-9/h3-8H,1-2H3,(H3,13,14,15,16,17). The number of nitrogen functional groups attached to an aromatic ring is 1. The Hall–Kier alpha value is -2.17. The fourth-order valence-electron chi connectivity index (χ4n) is 1.37. The Morgan fingerprint density at radius 2 is 1.76 bits per heavy atom. The first-order valence-corrected chi connectivity index (χ1v) is 5.48. The van der Waals surface area contributed by atoms with Gasteiger partial charge in [0.15, 0.2) is 0 Å². The molecule has 0 amide bonds. The number of para-hydroxylation sites is 1. The molecule has 0 saturated carbocycles. The summed E-state index contributed by atoms with van der Waals surface area (Å²) in [6.07, 6.45) is 0. The topological polar surface area (TPSA) is 76.7 Å². The quantitative estimate of drug-likeness (QED) is 0.844. The van der Waals surface area contributed by atoms with E-state index >= 15 is 0 Å². The Morgan fingerprint density at radius 1 is 1.06 bits per heavy atom. The van der Waals surface area contributed by atoms with Crippen molar-refractivity contribution in [1.82, 2.24) is 15.0 Å². The highest BCUT2D eigenvalue weighted by Gasteiger charge is 2.07. The van der Waals surface area contributed by atoms with E-state index in [9.17, 15) is 0 Å². The van der Waals surface area contributed by atoms with Crippen LogP contribution in [-0.2, 0) is 0 Å². The zero-order valence-electron chi connectivity index (χ0n) is 9.88. The maximum atomic E-state index is 5.65. The molecule has 2 rings (SSSR count). The molecule has 1 aromatic carbocycles. The highest BCUT2D eigenvalue weighted by atomic mass is 15.2. The smallest absolute Gasteiger partial charge is 0.232 e. The molecule has 0 fully saturated rings. The monoisotopic (exact) mass is 229 g/mol. The molecule has 17 heavy (non-hydrogen) atoms. The largest absolute Gasteiger partial charge is 0.368 e. The lowest BCUT2D eigenvalue weighted by Crippen LogP contribution is -2.08. The van der Waals surface area contributed by atoms with E-state index in [4.69, 9.17) is 5.73 Å². The van der Waals surface area contributed by atoms with Crippen LogP contribution >= 0.6 is 0 Å². The lowest BCUT2D eigenvalue weighted by molar-refractivity contribution is 0.767. The number of benzene rings is 1. The molecule has 1 aromatic heterocycles. The van der Waals surface area contributed by atoms with Crippen LogP contribution in [0.3, 0.4) is 0 Å².